The summed E-state index contributed by atoms with van der Waals surface area (Å²) in [6, 6.07) is 9.86. The predicted octanol–water partition coefficient (Wildman–Crippen LogP) is 4.33. The third-order valence-electron chi connectivity index (χ3n) is 4.39. The van der Waals surface area contributed by atoms with Crippen LogP contribution in [0.3, 0.4) is 0 Å². The van der Waals surface area contributed by atoms with Crippen LogP contribution in [0.25, 0.3) is 12.2 Å². The number of ketones is 1. The van der Waals surface area contributed by atoms with Gasteiger partial charge in [-0.2, -0.15) is 0 Å². The molecule has 4 nitrogen and oxygen atoms in total. The van der Waals surface area contributed by atoms with E-state index in [-0.39, 0.29) is 23.0 Å². The summed E-state index contributed by atoms with van der Waals surface area (Å²) in [4.78, 5) is 12.7. The van der Waals surface area contributed by atoms with Crippen LogP contribution in [0.1, 0.15) is 36.0 Å². The van der Waals surface area contributed by atoms with E-state index in [1.165, 1.54) is 12.1 Å². The summed E-state index contributed by atoms with van der Waals surface area (Å²) in [6.45, 7) is 1.83. The van der Waals surface area contributed by atoms with Crippen molar-refractivity contribution in [1.29, 1.82) is 0 Å². The molecular formula is C21H20O4. The third-order valence-corrected chi connectivity index (χ3v) is 4.39. The van der Waals surface area contributed by atoms with E-state index in [0.29, 0.717) is 29.6 Å². The Bertz CT molecular complexity index is 819. The zero-order chi connectivity index (χ0) is 18.0. The molecule has 1 saturated carbocycles. The van der Waals surface area contributed by atoms with Crippen molar-refractivity contribution in [3.05, 3.63) is 64.2 Å². The average molecular weight is 336 g/mol. The van der Waals surface area contributed by atoms with Gasteiger partial charge in [-0.05, 0) is 73.2 Å². The minimum absolute atomic E-state index is 0.0149. The monoisotopic (exact) mass is 336 g/mol. The van der Waals surface area contributed by atoms with Crippen LogP contribution in [-0.2, 0) is 4.79 Å². The van der Waals surface area contributed by atoms with Gasteiger partial charge in [0.25, 0.3) is 0 Å². The molecule has 0 saturated heterocycles. The van der Waals surface area contributed by atoms with Gasteiger partial charge in [-0.15, -0.1) is 0 Å². The topological polar surface area (TPSA) is 77.8 Å². The van der Waals surface area contributed by atoms with Gasteiger partial charge >= 0.3 is 0 Å². The van der Waals surface area contributed by atoms with Crippen LogP contribution in [0.2, 0.25) is 0 Å². The van der Waals surface area contributed by atoms with Crippen molar-refractivity contribution >= 4 is 17.9 Å². The second-order valence-corrected chi connectivity index (χ2v) is 6.32. The first kappa shape index (κ1) is 16.8. The SMILES string of the molecule is Cc1ccc(/C=C2\CCC/C(=C\c3ccc(O)c(O)c3)C2=O)cc1O. The molecule has 2 aromatic rings. The van der Waals surface area contributed by atoms with Crippen molar-refractivity contribution in [1.82, 2.24) is 0 Å². The zero-order valence-corrected chi connectivity index (χ0v) is 14.0. The minimum Gasteiger partial charge on any atom is -0.508 e. The van der Waals surface area contributed by atoms with Gasteiger partial charge in [-0.1, -0.05) is 18.2 Å². The van der Waals surface area contributed by atoms with Crippen molar-refractivity contribution in [2.24, 2.45) is 0 Å². The number of aromatic hydroxyl groups is 3. The standard InChI is InChI=1S/C21H20O4/c1-13-5-6-14(11-19(13)23)9-16-3-2-4-17(21(16)25)10-15-7-8-18(22)20(24)12-15/h5-12,22-24H,2-4H2,1H3/b16-9+,17-10+. The highest BCUT2D eigenvalue weighted by Crippen LogP contribution is 2.31. The van der Waals surface area contributed by atoms with Gasteiger partial charge in [0.05, 0.1) is 0 Å². The van der Waals surface area contributed by atoms with Gasteiger partial charge in [0.1, 0.15) is 5.75 Å². The van der Waals surface area contributed by atoms with Crippen molar-refractivity contribution in [2.45, 2.75) is 26.2 Å². The van der Waals surface area contributed by atoms with E-state index in [2.05, 4.69) is 0 Å². The fraction of sp³-hybridized carbons (Fsp3) is 0.190. The van der Waals surface area contributed by atoms with Crippen LogP contribution in [0.15, 0.2) is 47.5 Å². The first-order valence-corrected chi connectivity index (χ1v) is 8.21. The molecule has 0 atom stereocenters. The molecule has 3 N–H and O–H groups in total. The van der Waals surface area contributed by atoms with Gasteiger partial charge in [-0.3, -0.25) is 4.79 Å². The number of hydrogen-bond donors (Lipinski definition) is 3. The van der Waals surface area contributed by atoms with Gasteiger partial charge < -0.3 is 15.3 Å². The molecule has 0 bridgehead atoms. The lowest BCUT2D eigenvalue weighted by molar-refractivity contribution is -0.112. The zero-order valence-electron chi connectivity index (χ0n) is 14.0. The maximum absolute atomic E-state index is 12.7. The smallest absolute Gasteiger partial charge is 0.185 e. The lowest BCUT2D eigenvalue weighted by Crippen LogP contribution is -2.12. The second-order valence-electron chi connectivity index (χ2n) is 6.32. The number of aryl methyl sites for hydroxylation is 1. The highest BCUT2D eigenvalue weighted by molar-refractivity contribution is 6.14. The fourth-order valence-corrected chi connectivity index (χ4v) is 2.93. The number of benzene rings is 2. The van der Waals surface area contributed by atoms with Crippen LogP contribution in [0.4, 0.5) is 0 Å². The number of hydrogen-bond acceptors (Lipinski definition) is 4. The third kappa shape index (κ3) is 3.74. The van der Waals surface area contributed by atoms with E-state index in [1.54, 1.807) is 18.2 Å². The average Bonchev–Trinajstić information content (AvgIpc) is 2.58. The van der Waals surface area contributed by atoms with E-state index >= 15 is 0 Å². The number of allylic oxidation sites excluding steroid dienone is 2. The van der Waals surface area contributed by atoms with Gasteiger partial charge in [0.2, 0.25) is 0 Å². The number of carbonyl (C=O) groups excluding carboxylic acids is 1. The van der Waals surface area contributed by atoms with Crippen LogP contribution < -0.4 is 0 Å². The van der Waals surface area contributed by atoms with Gasteiger partial charge in [-0.25, -0.2) is 0 Å². The van der Waals surface area contributed by atoms with E-state index in [4.69, 9.17) is 0 Å². The van der Waals surface area contributed by atoms with Crippen molar-refractivity contribution in [2.75, 3.05) is 0 Å². The molecule has 4 heteroatoms. The van der Waals surface area contributed by atoms with E-state index in [1.807, 2.05) is 25.1 Å². The summed E-state index contributed by atoms with van der Waals surface area (Å²) in [6.07, 6.45) is 5.82. The van der Waals surface area contributed by atoms with E-state index in [0.717, 1.165) is 17.5 Å². The van der Waals surface area contributed by atoms with Crippen LogP contribution in [0, 0.1) is 6.92 Å². The maximum Gasteiger partial charge on any atom is 0.185 e. The number of Topliss-reactive ketones (excluding diaryl/α,β-unsaturated/α-hetero) is 1. The molecule has 0 unspecified atom stereocenters. The summed E-state index contributed by atoms with van der Waals surface area (Å²) in [7, 11) is 0. The Labute approximate surface area is 146 Å². The quantitative estimate of drug-likeness (QED) is 0.563. The van der Waals surface area contributed by atoms with Crippen molar-refractivity contribution in [3.8, 4) is 17.2 Å². The Hall–Kier alpha value is -3.01. The first-order valence-electron chi connectivity index (χ1n) is 8.21. The summed E-state index contributed by atoms with van der Waals surface area (Å²) in [5.41, 5.74) is 3.66. The Kier molecular flexibility index (Phi) is 4.61. The molecular weight excluding hydrogens is 316 g/mol. The van der Waals surface area contributed by atoms with E-state index in [9.17, 15) is 20.1 Å². The fourth-order valence-electron chi connectivity index (χ4n) is 2.93. The number of phenols is 3. The Morgan fingerprint density at radius 1 is 0.800 bits per heavy atom. The molecule has 2 aromatic carbocycles. The number of rotatable bonds is 2. The van der Waals surface area contributed by atoms with Gasteiger partial charge in [0, 0.05) is 11.1 Å². The summed E-state index contributed by atoms with van der Waals surface area (Å²) >= 11 is 0. The minimum atomic E-state index is -0.205. The van der Waals surface area contributed by atoms with Crippen molar-refractivity contribution in [3.63, 3.8) is 0 Å². The molecule has 0 aliphatic heterocycles. The number of phenolic OH excluding ortho intramolecular Hbond substituents is 3. The highest BCUT2D eigenvalue weighted by Gasteiger charge is 2.20. The maximum atomic E-state index is 12.7. The molecule has 0 heterocycles. The van der Waals surface area contributed by atoms with Crippen molar-refractivity contribution < 1.29 is 20.1 Å². The molecule has 0 amide bonds. The Balaban J connectivity index is 1.89. The first-order chi connectivity index (χ1) is 11.9. The lowest BCUT2D eigenvalue weighted by atomic mass is 9.86. The molecule has 3 rings (SSSR count). The summed E-state index contributed by atoms with van der Waals surface area (Å²) in [5.74, 6) is -0.188. The molecule has 0 aromatic heterocycles. The predicted molar refractivity (Wildman–Crippen MR) is 97.4 cm³/mol. The van der Waals surface area contributed by atoms with Crippen LogP contribution in [0.5, 0.6) is 17.2 Å². The molecule has 25 heavy (non-hydrogen) atoms. The van der Waals surface area contributed by atoms with Gasteiger partial charge in [0.15, 0.2) is 17.3 Å². The molecule has 1 aliphatic rings. The molecule has 0 spiro atoms. The highest BCUT2D eigenvalue weighted by atomic mass is 16.3. The molecule has 1 aliphatic carbocycles. The Morgan fingerprint density at radius 3 is 1.92 bits per heavy atom. The molecule has 1 fully saturated rings. The largest absolute Gasteiger partial charge is 0.508 e. The van der Waals surface area contributed by atoms with Crippen LogP contribution in [-0.4, -0.2) is 21.1 Å². The summed E-state index contributed by atoms with van der Waals surface area (Å²) < 4.78 is 0. The second kappa shape index (κ2) is 6.85. The molecule has 128 valence electrons. The van der Waals surface area contributed by atoms with E-state index < -0.39 is 0 Å². The number of carbonyl (C=O) groups is 1. The lowest BCUT2D eigenvalue weighted by Gasteiger charge is -2.17. The molecule has 0 radical (unpaired) electrons. The normalized spacial score (nSPS) is 18.0. The summed E-state index contributed by atoms with van der Waals surface area (Å²) in [5, 5.41) is 28.8. The Morgan fingerprint density at radius 2 is 1.36 bits per heavy atom. The van der Waals surface area contributed by atoms with Crippen LogP contribution >= 0.6 is 0 Å².